The zero-order chi connectivity index (χ0) is 15.6. The Labute approximate surface area is 142 Å². The second kappa shape index (κ2) is 6.82. The highest BCUT2D eigenvalue weighted by Gasteiger charge is 2.14. The van der Waals surface area contributed by atoms with Crippen LogP contribution in [0.15, 0.2) is 40.9 Å². The quantitative estimate of drug-likeness (QED) is 0.735. The van der Waals surface area contributed by atoms with Gasteiger partial charge in [0, 0.05) is 20.1 Å². The predicted molar refractivity (Wildman–Crippen MR) is 91.2 cm³/mol. The van der Waals surface area contributed by atoms with Gasteiger partial charge in [-0.1, -0.05) is 45.2 Å². The number of amides is 1. The van der Waals surface area contributed by atoms with Crippen LogP contribution in [-0.2, 0) is 0 Å². The van der Waals surface area contributed by atoms with Crippen molar-refractivity contribution in [1.29, 1.82) is 0 Å². The first-order chi connectivity index (χ1) is 9.86. The third-order valence-electron chi connectivity index (χ3n) is 3.08. The minimum atomic E-state index is -0.207. The smallest absolute Gasteiger partial charge is 0.251 e. The minimum absolute atomic E-state index is 0.141. The molecule has 1 N–H and O–H groups in total. The molecule has 1 amide bonds. The molecule has 0 fully saturated rings. The molecular weight excluding hydrogens is 373 g/mol. The number of rotatable bonds is 3. The molecule has 0 aromatic heterocycles. The molecule has 1 atom stereocenters. The number of halogens is 3. The number of nitrogens with one attached hydrogen (secondary N) is 1. The lowest BCUT2D eigenvalue weighted by Gasteiger charge is -2.16. The highest BCUT2D eigenvalue weighted by Crippen LogP contribution is 2.26. The van der Waals surface area contributed by atoms with Gasteiger partial charge in [-0.2, -0.15) is 0 Å². The maximum Gasteiger partial charge on any atom is 0.251 e. The van der Waals surface area contributed by atoms with Gasteiger partial charge in [0.05, 0.1) is 6.04 Å². The molecule has 0 heterocycles. The van der Waals surface area contributed by atoms with Gasteiger partial charge < -0.3 is 5.32 Å². The summed E-state index contributed by atoms with van der Waals surface area (Å²) in [6, 6.07) is 10.6. The van der Waals surface area contributed by atoms with E-state index in [0.29, 0.717) is 15.6 Å². The van der Waals surface area contributed by atoms with E-state index in [9.17, 15) is 4.79 Å². The van der Waals surface area contributed by atoms with Crippen molar-refractivity contribution in [2.75, 3.05) is 0 Å². The van der Waals surface area contributed by atoms with Crippen molar-refractivity contribution in [3.63, 3.8) is 0 Å². The van der Waals surface area contributed by atoms with Crippen molar-refractivity contribution in [1.82, 2.24) is 5.32 Å². The first-order valence-electron chi connectivity index (χ1n) is 6.40. The van der Waals surface area contributed by atoms with Crippen molar-refractivity contribution >= 4 is 45.0 Å². The molecule has 0 bridgehead atoms. The molecule has 0 radical (unpaired) electrons. The van der Waals surface area contributed by atoms with E-state index in [2.05, 4.69) is 21.2 Å². The Morgan fingerprint density at radius 2 is 1.90 bits per heavy atom. The van der Waals surface area contributed by atoms with Gasteiger partial charge in [-0.05, 0) is 55.3 Å². The van der Waals surface area contributed by atoms with Crippen LogP contribution in [0.4, 0.5) is 0 Å². The molecule has 2 nitrogen and oxygen atoms in total. The summed E-state index contributed by atoms with van der Waals surface area (Å²) in [5, 5.41) is 4.06. The zero-order valence-corrected chi connectivity index (χ0v) is 14.7. The van der Waals surface area contributed by atoms with Crippen molar-refractivity contribution in [3.05, 3.63) is 67.6 Å². The molecule has 0 aliphatic heterocycles. The number of carbonyl (C=O) groups is 1. The van der Waals surface area contributed by atoms with Gasteiger partial charge in [0.1, 0.15) is 0 Å². The van der Waals surface area contributed by atoms with Gasteiger partial charge >= 0.3 is 0 Å². The molecule has 5 heteroatoms. The molecule has 0 aliphatic carbocycles. The summed E-state index contributed by atoms with van der Waals surface area (Å²) >= 11 is 15.4. The number of hydrogen-bond acceptors (Lipinski definition) is 1. The lowest BCUT2D eigenvalue weighted by atomic mass is 10.1. The second-order valence-corrected chi connectivity index (χ2v) is 6.64. The highest BCUT2D eigenvalue weighted by atomic mass is 79.9. The van der Waals surface area contributed by atoms with E-state index in [-0.39, 0.29) is 11.9 Å². The van der Waals surface area contributed by atoms with Gasteiger partial charge in [-0.3, -0.25) is 4.79 Å². The van der Waals surface area contributed by atoms with Gasteiger partial charge in [-0.15, -0.1) is 0 Å². The normalized spacial score (nSPS) is 12.0. The molecule has 110 valence electrons. The number of carbonyl (C=O) groups excluding carboxylic acids is 1. The highest BCUT2D eigenvalue weighted by molar-refractivity contribution is 9.10. The topological polar surface area (TPSA) is 29.1 Å². The number of benzene rings is 2. The van der Waals surface area contributed by atoms with E-state index in [0.717, 1.165) is 15.6 Å². The van der Waals surface area contributed by atoms with E-state index in [1.807, 2.05) is 32.0 Å². The summed E-state index contributed by atoms with van der Waals surface area (Å²) in [6.45, 7) is 3.83. The summed E-state index contributed by atoms with van der Waals surface area (Å²) in [4.78, 5) is 12.3. The predicted octanol–water partition coefficient (Wildman–Crippen LogP) is 5.56. The average molecular weight is 387 g/mol. The summed E-state index contributed by atoms with van der Waals surface area (Å²) in [5.41, 5.74) is 2.46. The van der Waals surface area contributed by atoms with Crippen LogP contribution >= 0.6 is 39.1 Å². The van der Waals surface area contributed by atoms with Crippen LogP contribution in [0.5, 0.6) is 0 Å². The van der Waals surface area contributed by atoms with Crippen LogP contribution in [0.2, 0.25) is 10.0 Å². The summed E-state index contributed by atoms with van der Waals surface area (Å²) in [6.07, 6.45) is 0. The molecule has 1 unspecified atom stereocenters. The Balaban J connectivity index is 2.18. The van der Waals surface area contributed by atoms with E-state index >= 15 is 0 Å². The SMILES string of the molecule is Cc1cc(Br)cc(C(=O)NC(C)c2ccc(Cl)cc2Cl)c1. The van der Waals surface area contributed by atoms with Crippen molar-refractivity contribution < 1.29 is 4.79 Å². The first-order valence-corrected chi connectivity index (χ1v) is 7.94. The summed E-state index contributed by atoms with van der Waals surface area (Å²) in [5.74, 6) is -0.141. The van der Waals surface area contributed by atoms with Crippen molar-refractivity contribution in [3.8, 4) is 0 Å². The van der Waals surface area contributed by atoms with Crippen molar-refractivity contribution in [2.24, 2.45) is 0 Å². The molecule has 2 aromatic rings. The number of aryl methyl sites for hydroxylation is 1. The van der Waals surface area contributed by atoms with Gasteiger partial charge in [0.2, 0.25) is 0 Å². The summed E-state index contributed by atoms with van der Waals surface area (Å²) < 4.78 is 0.879. The Bertz CT molecular complexity index is 668. The number of hydrogen-bond donors (Lipinski definition) is 1. The fourth-order valence-corrected chi connectivity index (χ4v) is 3.26. The molecule has 21 heavy (non-hydrogen) atoms. The van der Waals surface area contributed by atoms with Crippen molar-refractivity contribution in [2.45, 2.75) is 19.9 Å². The van der Waals surface area contributed by atoms with E-state index < -0.39 is 0 Å². The van der Waals surface area contributed by atoms with Gasteiger partial charge in [0.15, 0.2) is 0 Å². The third-order valence-corrected chi connectivity index (χ3v) is 4.10. The van der Waals surface area contributed by atoms with Crippen LogP contribution in [0.25, 0.3) is 0 Å². The van der Waals surface area contributed by atoms with Crippen LogP contribution in [0, 0.1) is 6.92 Å². The Kier molecular flexibility index (Phi) is 5.31. The van der Waals surface area contributed by atoms with E-state index in [1.54, 1.807) is 18.2 Å². The fourth-order valence-electron chi connectivity index (χ4n) is 2.08. The van der Waals surface area contributed by atoms with Crippen LogP contribution in [-0.4, -0.2) is 5.91 Å². The Hall–Kier alpha value is -1.03. The Morgan fingerprint density at radius 3 is 2.52 bits per heavy atom. The van der Waals surface area contributed by atoms with Gasteiger partial charge in [-0.25, -0.2) is 0 Å². The first kappa shape index (κ1) is 16.3. The second-order valence-electron chi connectivity index (χ2n) is 4.88. The van der Waals surface area contributed by atoms with E-state index in [1.165, 1.54) is 0 Å². The maximum atomic E-state index is 12.3. The zero-order valence-electron chi connectivity index (χ0n) is 11.6. The Morgan fingerprint density at radius 1 is 1.19 bits per heavy atom. The van der Waals surface area contributed by atoms with E-state index in [4.69, 9.17) is 23.2 Å². The summed E-state index contributed by atoms with van der Waals surface area (Å²) in [7, 11) is 0. The average Bonchev–Trinajstić information content (AvgIpc) is 2.37. The molecular formula is C16H14BrCl2NO. The monoisotopic (exact) mass is 385 g/mol. The largest absolute Gasteiger partial charge is 0.345 e. The van der Waals surface area contributed by atoms with Crippen LogP contribution < -0.4 is 5.32 Å². The van der Waals surface area contributed by atoms with Crippen LogP contribution in [0.1, 0.15) is 34.5 Å². The molecule has 0 saturated carbocycles. The lowest BCUT2D eigenvalue weighted by Crippen LogP contribution is -2.26. The molecule has 2 aromatic carbocycles. The standard InChI is InChI=1S/C16H14BrCl2NO/c1-9-5-11(7-12(17)6-9)16(21)20-10(2)14-4-3-13(18)8-15(14)19/h3-8,10H,1-2H3,(H,20,21). The lowest BCUT2D eigenvalue weighted by molar-refractivity contribution is 0.0940. The minimum Gasteiger partial charge on any atom is -0.345 e. The molecule has 0 aliphatic rings. The molecule has 0 saturated heterocycles. The maximum absolute atomic E-state index is 12.3. The molecule has 2 rings (SSSR count). The third kappa shape index (κ3) is 4.22. The van der Waals surface area contributed by atoms with Crippen LogP contribution in [0.3, 0.4) is 0 Å². The fraction of sp³-hybridized carbons (Fsp3) is 0.188. The van der Waals surface area contributed by atoms with Gasteiger partial charge in [0.25, 0.3) is 5.91 Å². The molecule has 0 spiro atoms.